The Morgan fingerprint density at radius 2 is 2.40 bits per heavy atom. The molecule has 0 spiro atoms. The molecule has 0 bridgehead atoms. The lowest BCUT2D eigenvalue weighted by atomic mass is 10.3. The van der Waals surface area contributed by atoms with E-state index in [9.17, 15) is 10.1 Å². The molecule has 0 saturated carbocycles. The number of aromatic nitrogens is 1. The molecule has 7 nitrogen and oxygen atoms in total. The Kier molecular flexibility index (Phi) is 4.73. The number of rotatable bonds is 4. The molecule has 1 fully saturated rings. The summed E-state index contributed by atoms with van der Waals surface area (Å²) in [5.74, 6) is 1.17. The number of nitrogens with zero attached hydrogens (tertiary/aromatic N) is 3. The molecular formula is C13H20N4O3. The predicted molar refractivity (Wildman–Crippen MR) is 77.3 cm³/mol. The van der Waals surface area contributed by atoms with Crippen molar-refractivity contribution in [3.63, 3.8) is 0 Å². The molecular weight excluding hydrogens is 260 g/mol. The second-order valence-corrected chi connectivity index (χ2v) is 4.84. The van der Waals surface area contributed by atoms with E-state index in [1.165, 1.54) is 12.1 Å². The molecule has 1 aliphatic heterocycles. The van der Waals surface area contributed by atoms with Crippen molar-refractivity contribution in [2.45, 2.75) is 26.4 Å². The van der Waals surface area contributed by atoms with E-state index in [2.05, 4.69) is 10.3 Å². The second-order valence-electron chi connectivity index (χ2n) is 4.84. The van der Waals surface area contributed by atoms with E-state index in [0.717, 1.165) is 13.0 Å². The zero-order valence-corrected chi connectivity index (χ0v) is 11.8. The largest absolute Gasteiger partial charge is 0.377 e. The molecule has 20 heavy (non-hydrogen) atoms. The summed E-state index contributed by atoms with van der Waals surface area (Å²) in [7, 11) is 0. The molecule has 1 saturated heterocycles. The van der Waals surface area contributed by atoms with Crippen LogP contribution in [0.25, 0.3) is 0 Å². The highest BCUT2D eigenvalue weighted by atomic mass is 16.6. The van der Waals surface area contributed by atoms with E-state index in [4.69, 9.17) is 4.74 Å². The van der Waals surface area contributed by atoms with Crippen LogP contribution in [-0.4, -0.2) is 42.3 Å². The molecule has 1 atom stereocenters. The van der Waals surface area contributed by atoms with Gasteiger partial charge in [-0.05, 0) is 20.3 Å². The van der Waals surface area contributed by atoms with Crippen LogP contribution in [0, 0.1) is 10.1 Å². The van der Waals surface area contributed by atoms with Crippen LogP contribution in [0.1, 0.15) is 20.3 Å². The van der Waals surface area contributed by atoms with Gasteiger partial charge in [0.15, 0.2) is 0 Å². The maximum atomic E-state index is 11.0. The van der Waals surface area contributed by atoms with E-state index < -0.39 is 0 Å². The van der Waals surface area contributed by atoms with Gasteiger partial charge in [-0.15, -0.1) is 0 Å². The zero-order valence-electron chi connectivity index (χ0n) is 11.8. The van der Waals surface area contributed by atoms with Gasteiger partial charge in [0.25, 0.3) is 5.69 Å². The minimum atomic E-state index is -0.385. The van der Waals surface area contributed by atoms with Crippen LogP contribution in [-0.2, 0) is 4.74 Å². The first-order valence-corrected chi connectivity index (χ1v) is 6.87. The smallest absolute Gasteiger partial charge is 0.276 e. The Bertz CT molecular complexity index is 481. The summed E-state index contributed by atoms with van der Waals surface area (Å²) < 4.78 is 5.59. The Hall–Kier alpha value is -1.89. The number of hydrogen-bond donors (Lipinski definition) is 1. The molecule has 0 aliphatic carbocycles. The summed E-state index contributed by atoms with van der Waals surface area (Å²) in [6.45, 7) is 6.81. The maximum absolute atomic E-state index is 11.0. The van der Waals surface area contributed by atoms with Gasteiger partial charge < -0.3 is 15.0 Å². The highest BCUT2D eigenvalue weighted by Gasteiger charge is 2.19. The minimum Gasteiger partial charge on any atom is -0.377 e. The second kappa shape index (κ2) is 6.51. The average molecular weight is 280 g/mol. The van der Waals surface area contributed by atoms with Crippen LogP contribution in [0.2, 0.25) is 0 Å². The van der Waals surface area contributed by atoms with Gasteiger partial charge >= 0.3 is 0 Å². The molecule has 1 aromatic heterocycles. The van der Waals surface area contributed by atoms with Crippen molar-refractivity contribution in [1.82, 2.24) is 4.98 Å². The van der Waals surface area contributed by atoms with Gasteiger partial charge in [0, 0.05) is 26.2 Å². The van der Waals surface area contributed by atoms with Crippen LogP contribution in [0.15, 0.2) is 12.1 Å². The predicted octanol–water partition coefficient (Wildman–Crippen LogP) is 2.04. The first-order valence-electron chi connectivity index (χ1n) is 6.87. The molecule has 0 aromatic carbocycles. The van der Waals surface area contributed by atoms with Gasteiger partial charge in [-0.1, -0.05) is 0 Å². The molecule has 1 aliphatic rings. The van der Waals surface area contributed by atoms with E-state index in [-0.39, 0.29) is 16.7 Å². The number of ether oxygens (including phenoxy) is 1. The fraction of sp³-hybridized carbons (Fsp3) is 0.615. The first kappa shape index (κ1) is 14.5. The maximum Gasteiger partial charge on any atom is 0.276 e. The number of hydrogen-bond acceptors (Lipinski definition) is 6. The quantitative estimate of drug-likeness (QED) is 0.671. The van der Waals surface area contributed by atoms with E-state index >= 15 is 0 Å². The third-order valence-electron chi connectivity index (χ3n) is 3.14. The summed E-state index contributed by atoms with van der Waals surface area (Å²) >= 11 is 0. The summed E-state index contributed by atoms with van der Waals surface area (Å²) in [6, 6.07) is 2.99. The van der Waals surface area contributed by atoms with Gasteiger partial charge in [0.05, 0.1) is 23.2 Å². The topological polar surface area (TPSA) is 80.5 Å². The average Bonchev–Trinajstić information content (AvgIpc) is 2.63. The number of nitro groups is 1. The lowest BCUT2D eigenvalue weighted by Gasteiger charge is -2.23. The molecule has 2 rings (SSSR count). The van der Waals surface area contributed by atoms with Gasteiger partial charge in [0.2, 0.25) is 0 Å². The number of anilines is 2. The Morgan fingerprint density at radius 1 is 1.60 bits per heavy atom. The van der Waals surface area contributed by atoms with E-state index in [0.29, 0.717) is 31.3 Å². The summed E-state index contributed by atoms with van der Waals surface area (Å²) in [4.78, 5) is 17.2. The molecule has 110 valence electrons. The third kappa shape index (κ3) is 3.57. The van der Waals surface area contributed by atoms with Crippen LogP contribution < -0.4 is 10.2 Å². The van der Waals surface area contributed by atoms with Gasteiger partial charge in [0.1, 0.15) is 11.6 Å². The summed E-state index contributed by atoms with van der Waals surface area (Å²) in [5.41, 5.74) is 0.0590. The van der Waals surface area contributed by atoms with Crippen LogP contribution in [0.5, 0.6) is 0 Å². The Balaban J connectivity index is 2.30. The molecule has 0 radical (unpaired) electrons. The molecule has 1 N–H and O–H groups in total. The van der Waals surface area contributed by atoms with Crippen molar-refractivity contribution >= 4 is 17.3 Å². The minimum absolute atomic E-state index is 0.0590. The number of nitrogens with one attached hydrogen (secondary N) is 1. The van der Waals surface area contributed by atoms with Crippen molar-refractivity contribution in [2.75, 3.05) is 36.5 Å². The molecule has 1 unspecified atom stereocenters. The summed E-state index contributed by atoms with van der Waals surface area (Å²) in [5, 5.41) is 14.1. The van der Waals surface area contributed by atoms with E-state index in [1.807, 2.05) is 18.7 Å². The van der Waals surface area contributed by atoms with Crippen LogP contribution in [0.4, 0.5) is 17.3 Å². The van der Waals surface area contributed by atoms with Gasteiger partial charge in [-0.2, -0.15) is 0 Å². The van der Waals surface area contributed by atoms with Crippen LogP contribution >= 0.6 is 0 Å². The fourth-order valence-electron chi connectivity index (χ4n) is 2.24. The fourth-order valence-corrected chi connectivity index (χ4v) is 2.24. The van der Waals surface area contributed by atoms with E-state index in [1.54, 1.807) is 0 Å². The zero-order chi connectivity index (χ0) is 14.5. The van der Waals surface area contributed by atoms with Crippen molar-refractivity contribution in [2.24, 2.45) is 0 Å². The molecule has 2 heterocycles. The third-order valence-corrected chi connectivity index (χ3v) is 3.14. The first-order chi connectivity index (χ1) is 9.60. The standard InChI is InChI=1S/C13H20N4O3/c1-3-14-12-7-11(17(18)19)8-13(15-12)16-5-4-6-20-10(2)9-16/h7-8,10H,3-6,9H2,1-2H3,(H,14,15). The molecule has 0 amide bonds. The molecule has 1 aromatic rings. The van der Waals surface area contributed by atoms with Gasteiger partial charge in [-0.3, -0.25) is 10.1 Å². The van der Waals surface area contributed by atoms with Crippen molar-refractivity contribution in [3.8, 4) is 0 Å². The SMILES string of the molecule is CCNc1cc([N+](=O)[O-])cc(N2CCCOC(C)C2)n1. The lowest BCUT2D eigenvalue weighted by molar-refractivity contribution is -0.384. The van der Waals surface area contributed by atoms with Crippen molar-refractivity contribution in [1.29, 1.82) is 0 Å². The van der Waals surface area contributed by atoms with Crippen molar-refractivity contribution < 1.29 is 9.66 Å². The normalized spacial score (nSPS) is 19.5. The van der Waals surface area contributed by atoms with Gasteiger partial charge in [-0.25, -0.2) is 4.98 Å². The Morgan fingerprint density at radius 3 is 3.10 bits per heavy atom. The van der Waals surface area contributed by atoms with Crippen LogP contribution in [0.3, 0.4) is 0 Å². The highest BCUT2D eigenvalue weighted by Crippen LogP contribution is 2.24. The van der Waals surface area contributed by atoms with Crippen molar-refractivity contribution in [3.05, 3.63) is 22.2 Å². The highest BCUT2D eigenvalue weighted by molar-refractivity contribution is 5.56. The monoisotopic (exact) mass is 280 g/mol. The summed E-state index contributed by atoms with van der Waals surface area (Å²) in [6.07, 6.45) is 0.992. The Labute approximate surface area is 118 Å². The lowest BCUT2D eigenvalue weighted by Crippen LogP contribution is -2.31. The number of pyridine rings is 1. The molecule has 7 heteroatoms.